The van der Waals surface area contributed by atoms with Crippen LogP contribution in [-0.2, 0) is 0 Å². The summed E-state index contributed by atoms with van der Waals surface area (Å²) in [5.41, 5.74) is 5.21. The molecule has 0 rings (SSSR count). The number of hydrogen-bond donors (Lipinski definition) is 2. The smallest absolute Gasteiger partial charge is 0.00744 e. The molecule has 3 nitrogen and oxygen atoms in total. The first-order valence-corrected chi connectivity index (χ1v) is 3.82. The van der Waals surface area contributed by atoms with Crippen molar-refractivity contribution in [1.29, 1.82) is 0 Å². The highest BCUT2D eigenvalue weighted by Crippen LogP contribution is 1.65. The third kappa shape index (κ3) is 24.8. The van der Waals surface area contributed by atoms with E-state index in [1.54, 1.807) is 0 Å². The second-order valence-electron chi connectivity index (χ2n) is 1.54. The largest absolute Gasteiger partial charge is 0.412 e. The lowest BCUT2D eigenvalue weighted by Crippen LogP contribution is -2.22. The molecule has 0 spiro atoms. The highest BCUT2D eigenvalue weighted by Gasteiger charge is 1.76. The van der Waals surface area contributed by atoms with Crippen molar-refractivity contribution >= 4 is 0 Å². The van der Waals surface area contributed by atoms with Gasteiger partial charge in [-0.3, -0.25) is 0 Å². The summed E-state index contributed by atoms with van der Waals surface area (Å²) in [5.74, 6) is 0. The van der Waals surface area contributed by atoms with Gasteiger partial charge in [0, 0.05) is 13.1 Å². The standard InChI is InChI=1S/C5H14N2.C2H6.H2O/c1-2-4-7-5-3-6;1-2;/h7H,2-6H2,1H3;1-2H3;1H2. The summed E-state index contributed by atoms with van der Waals surface area (Å²) < 4.78 is 0. The van der Waals surface area contributed by atoms with E-state index < -0.39 is 0 Å². The van der Waals surface area contributed by atoms with E-state index >= 15 is 0 Å². The van der Waals surface area contributed by atoms with Crippen LogP contribution < -0.4 is 11.1 Å². The van der Waals surface area contributed by atoms with Crippen molar-refractivity contribution in [3.63, 3.8) is 0 Å². The van der Waals surface area contributed by atoms with Crippen LogP contribution in [0.15, 0.2) is 0 Å². The van der Waals surface area contributed by atoms with Crippen LogP contribution >= 0.6 is 0 Å². The normalized spacial score (nSPS) is 7.20. The molecule has 0 unspecified atom stereocenters. The van der Waals surface area contributed by atoms with E-state index in [4.69, 9.17) is 5.73 Å². The van der Waals surface area contributed by atoms with Gasteiger partial charge in [-0.05, 0) is 13.0 Å². The predicted octanol–water partition coefficient (Wildman–Crippen LogP) is 0.146. The van der Waals surface area contributed by atoms with E-state index in [2.05, 4.69) is 12.2 Å². The Balaban J connectivity index is -0.000000149. The lowest BCUT2D eigenvalue weighted by molar-refractivity contribution is 0.678. The Morgan fingerprint density at radius 3 is 2.00 bits per heavy atom. The average Bonchev–Trinajstić information content (AvgIpc) is 1.94. The number of nitrogens with one attached hydrogen (secondary N) is 1. The molecule has 0 saturated carbocycles. The SMILES string of the molecule is CC.CCCNCCN.O. The lowest BCUT2D eigenvalue weighted by Gasteiger charge is -1.95. The molecule has 0 aromatic heterocycles. The van der Waals surface area contributed by atoms with Crippen LogP contribution in [0.2, 0.25) is 0 Å². The minimum Gasteiger partial charge on any atom is -0.412 e. The predicted molar refractivity (Wildman–Crippen MR) is 47.2 cm³/mol. The summed E-state index contributed by atoms with van der Waals surface area (Å²) in [4.78, 5) is 0. The number of hydrogen-bond acceptors (Lipinski definition) is 2. The van der Waals surface area contributed by atoms with Gasteiger partial charge < -0.3 is 16.5 Å². The summed E-state index contributed by atoms with van der Waals surface area (Å²) in [6.07, 6.45) is 1.19. The lowest BCUT2D eigenvalue weighted by atomic mass is 10.5. The Hall–Kier alpha value is -0.120. The van der Waals surface area contributed by atoms with E-state index in [0.717, 1.165) is 19.6 Å². The van der Waals surface area contributed by atoms with Gasteiger partial charge in [0.25, 0.3) is 0 Å². The van der Waals surface area contributed by atoms with Gasteiger partial charge in [-0.1, -0.05) is 20.8 Å². The van der Waals surface area contributed by atoms with Gasteiger partial charge in [-0.2, -0.15) is 0 Å². The molecule has 0 saturated heterocycles. The van der Waals surface area contributed by atoms with Crippen LogP contribution in [0.5, 0.6) is 0 Å². The fraction of sp³-hybridized carbons (Fsp3) is 1.00. The van der Waals surface area contributed by atoms with Gasteiger partial charge in [0.15, 0.2) is 0 Å². The first kappa shape index (κ1) is 16.5. The monoisotopic (exact) mass is 150 g/mol. The Labute approximate surface area is 64.3 Å². The van der Waals surface area contributed by atoms with Crippen LogP contribution in [0.25, 0.3) is 0 Å². The molecular formula is C7H22N2O. The zero-order valence-electron chi connectivity index (χ0n) is 7.41. The molecule has 0 bridgehead atoms. The van der Waals surface area contributed by atoms with Crippen molar-refractivity contribution in [1.82, 2.24) is 5.32 Å². The van der Waals surface area contributed by atoms with Gasteiger partial charge in [-0.15, -0.1) is 0 Å². The van der Waals surface area contributed by atoms with Crippen molar-refractivity contribution in [3.8, 4) is 0 Å². The minimum atomic E-state index is 0. The van der Waals surface area contributed by atoms with E-state index in [9.17, 15) is 0 Å². The summed E-state index contributed by atoms with van der Waals surface area (Å²) in [7, 11) is 0. The Morgan fingerprint density at radius 1 is 1.20 bits per heavy atom. The zero-order chi connectivity index (χ0) is 7.54. The third-order valence-corrected chi connectivity index (χ3v) is 0.748. The first-order valence-electron chi connectivity index (χ1n) is 3.82. The maximum absolute atomic E-state index is 5.21. The molecular weight excluding hydrogens is 128 g/mol. The Kier molecular flexibility index (Phi) is 38.1. The molecule has 5 N–H and O–H groups in total. The van der Waals surface area contributed by atoms with Crippen LogP contribution in [0, 0.1) is 0 Å². The van der Waals surface area contributed by atoms with Crippen molar-refractivity contribution in [2.45, 2.75) is 27.2 Å². The summed E-state index contributed by atoms with van der Waals surface area (Å²) in [5, 5.41) is 3.16. The van der Waals surface area contributed by atoms with Crippen molar-refractivity contribution < 1.29 is 5.48 Å². The fourth-order valence-corrected chi connectivity index (χ4v) is 0.404. The second kappa shape index (κ2) is 23.2. The first-order chi connectivity index (χ1) is 4.41. The van der Waals surface area contributed by atoms with E-state index in [0.29, 0.717) is 0 Å². The molecule has 0 aliphatic rings. The molecule has 0 fully saturated rings. The van der Waals surface area contributed by atoms with Crippen LogP contribution in [0.1, 0.15) is 27.2 Å². The van der Waals surface area contributed by atoms with Crippen LogP contribution in [-0.4, -0.2) is 25.1 Å². The van der Waals surface area contributed by atoms with Crippen molar-refractivity contribution in [3.05, 3.63) is 0 Å². The second-order valence-corrected chi connectivity index (χ2v) is 1.54. The molecule has 0 aliphatic carbocycles. The van der Waals surface area contributed by atoms with Crippen molar-refractivity contribution in [2.24, 2.45) is 5.73 Å². The maximum Gasteiger partial charge on any atom is 0.00744 e. The molecule has 0 amide bonds. The Bertz CT molecular complexity index is 30.8. The summed E-state index contributed by atoms with van der Waals surface area (Å²) >= 11 is 0. The topological polar surface area (TPSA) is 69.5 Å². The maximum atomic E-state index is 5.21. The summed E-state index contributed by atoms with van der Waals surface area (Å²) in [6, 6.07) is 0. The highest BCUT2D eigenvalue weighted by atomic mass is 16.0. The van der Waals surface area contributed by atoms with E-state index in [-0.39, 0.29) is 5.48 Å². The average molecular weight is 150 g/mol. The highest BCUT2D eigenvalue weighted by molar-refractivity contribution is 4.42. The molecule has 0 aliphatic heterocycles. The molecule has 0 heterocycles. The molecule has 10 heavy (non-hydrogen) atoms. The molecule has 0 aromatic rings. The summed E-state index contributed by atoms with van der Waals surface area (Å²) in [6.45, 7) is 8.94. The van der Waals surface area contributed by atoms with Gasteiger partial charge in [0.2, 0.25) is 0 Å². The molecule has 66 valence electrons. The zero-order valence-corrected chi connectivity index (χ0v) is 7.41. The van der Waals surface area contributed by atoms with E-state index in [1.165, 1.54) is 6.42 Å². The fourth-order valence-electron chi connectivity index (χ4n) is 0.404. The number of nitrogens with two attached hydrogens (primary N) is 1. The van der Waals surface area contributed by atoms with Crippen LogP contribution in [0.4, 0.5) is 0 Å². The van der Waals surface area contributed by atoms with E-state index in [1.807, 2.05) is 13.8 Å². The van der Waals surface area contributed by atoms with Gasteiger partial charge >= 0.3 is 0 Å². The van der Waals surface area contributed by atoms with Crippen LogP contribution in [0.3, 0.4) is 0 Å². The molecule has 0 radical (unpaired) electrons. The van der Waals surface area contributed by atoms with Crippen molar-refractivity contribution in [2.75, 3.05) is 19.6 Å². The Morgan fingerprint density at radius 2 is 1.70 bits per heavy atom. The molecule has 0 atom stereocenters. The quantitative estimate of drug-likeness (QED) is 0.560. The molecule has 3 heteroatoms. The van der Waals surface area contributed by atoms with Gasteiger partial charge in [0.05, 0.1) is 0 Å². The van der Waals surface area contributed by atoms with Gasteiger partial charge in [0.1, 0.15) is 0 Å². The third-order valence-electron chi connectivity index (χ3n) is 0.748. The molecule has 0 aromatic carbocycles. The minimum absolute atomic E-state index is 0. The number of rotatable bonds is 4. The van der Waals surface area contributed by atoms with Gasteiger partial charge in [-0.25, -0.2) is 0 Å².